The highest BCUT2D eigenvalue weighted by atomic mass is 16.6. The first-order chi connectivity index (χ1) is 15.9. The summed E-state index contributed by atoms with van der Waals surface area (Å²) in [5, 5.41) is 4.61. The molecule has 7 heteroatoms. The van der Waals surface area contributed by atoms with E-state index >= 15 is 0 Å². The molecule has 7 nitrogen and oxygen atoms in total. The number of amides is 2. The minimum atomic E-state index is -0.341. The summed E-state index contributed by atoms with van der Waals surface area (Å²) >= 11 is 0. The molecule has 0 bridgehead atoms. The molecule has 2 amide bonds. The van der Waals surface area contributed by atoms with Crippen molar-refractivity contribution >= 4 is 28.4 Å². The molecule has 168 valence electrons. The number of imide groups is 1. The summed E-state index contributed by atoms with van der Waals surface area (Å²) < 4.78 is 13.8. The lowest BCUT2D eigenvalue weighted by Crippen LogP contribution is -2.33. The number of carbonyl (C=O) groups is 2. The van der Waals surface area contributed by atoms with Gasteiger partial charge in [0.15, 0.2) is 11.5 Å². The van der Waals surface area contributed by atoms with Crippen molar-refractivity contribution in [2.24, 2.45) is 0 Å². The van der Waals surface area contributed by atoms with Crippen LogP contribution < -0.4 is 14.8 Å². The van der Waals surface area contributed by atoms with Crippen LogP contribution in [-0.4, -0.2) is 41.0 Å². The van der Waals surface area contributed by atoms with E-state index in [0.717, 1.165) is 33.4 Å². The SMILES string of the molecule is CC(=O)N1CC2=C(C1=O)C(c1ccc3c(c1)OCCO3)c1cn(C(C)C)c3cccc(c13)N2. The Morgan fingerprint density at radius 2 is 1.91 bits per heavy atom. The fraction of sp³-hybridized carbons (Fsp3) is 0.308. The highest BCUT2D eigenvalue weighted by Gasteiger charge is 2.42. The predicted octanol–water partition coefficient (Wildman–Crippen LogP) is 4.19. The molecule has 0 spiro atoms. The molecular weight excluding hydrogens is 418 g/mol. The lowest BCUT2D eigenvalue weighted by atomic mass is 9.84. The van der Waals surface area contributed by atoms with Crippen LogP contribution in [0.2, 0.25) is 0 Å². The Morgan fingerprint density at radius 3 is 2.67 bits per heavy atom. The van der Waals surface area contributed by atoms with Gasteiger partial charge in [-0.15, -0.1) is 0 Å². The number of anilines is 1. The van der Waals surface area contributed by atoms with E-state index < -0.39 is 0 Å². The van der Waals surface area contributed by atoms with Crippen molar-refractivity contribution in [1.29, 1.82) is 0 Å². The molecule has 0 fully saturated rings. The average molecular weight is 444 g/mol. The molecule has 3 aromatic rings. The molecule has 1 unspecified atom stereocenters. The average Bonchev–Trinajstić information content (AvgIpc) is 3.29. The molecular formula is C26H25N3O4. The van der Waals surface area contributed by atoms with E-state index in [0.29, 0.717) is 30.3 Å². The molecule has 0 radical (unpaired) electrons. The minimum absolute atomic E-state index is 0.245. The quantitative estimate of drug-likeness (QED) is 0.643. The number of aromatic nitrogens is 1. The fourth-order valence-corrected chi connectivity index (χ4v) is 5.25. The second-order valence-corrected chi connectivity index (χ2v) is 9.05. The van der Waals surface area contributed by atoms with E-state index in [1.165, 1.54) is 11.8 Å². The molecule has 2 aromatic carbocycles. The number of ether oxygens (including phenoxy) is 2. The zero-order chi connectivity index (χ0) is 22.9. The number of fused-ring (bicyclic) bond motifs is 1. The van der Waals surface area contributed by atoms with Crippen LogP contribution in [-0.2, 0) is 9.59 Å². The zero-order valence-electron chi connectivity index (χ0n) is 18.8. The number of benzene rings is 2. The topological polar surface area (TPSA) is 72.8 Å². The lowest BCUT2D eigenvalue weighted by Gasteiger charge is -2.23. The Morgan fingerprint density at radius 1 is 1.12 bits per heavy atom. The largest absolute Gasteiger partial charge is 0.486 e. The summed E-state index contributed by atoms with van der Waals surface area (Å²) in [6.07, 6.45) is 2.15. The Bertz CT molecular complexity index is 1370. The van der Waals surface area contributed by atoms with Crippen molar-refractivity contribution < 1.29 is 19.1 Å². The molecule has 0 saturated carbocycles. The number of nitrogens with zero attached hydrogens (tertiary/aromatic N) is 2. The van der Waals surface area contributed by atoms with E-state index in [2.05, 4.69) is 36.0 Å². The van der Waals surface area contributed by atoms with E-state index in [4.69, 9.17) is 9.47 Å². The third kappa shape index (κ3) is 2.88. The second kappa shape index (κ2) is 7.13. The number of carbonyl (C=O) groups excluding carboxylic acids is 2. The van der Waals surface area contributed by atoms with Crippen LogP contribution in [0.4, 0.5) is 5.69 Å². The van der Waals surface area contributed by atoms with Gasteiger partial charge in [0.05, 0.1) is 17.6 Å². The lowest BCUT2D eigenvalue weighted by molar-refractivity contribution is -0.139. The van der Waals surface area contributed by atoms with Gasteiger partial charge in [0, 0.05) is 41.9 Å². The molecule has 0 aliphatic carbocycles. The summed E-state index contributed by atoms with van der Waals surface area (Å²) in [4.78, 5) is 27.1. The van der Waals surface area contributed by atoms with Crippen molar-refractivity contribution in [1.82, 2.24) is 9.47 Å². The smallest absolute Gasteiger partial charge is 0.259 e. The summed E-state index contributed by atoms with van der Waals surface area (Å²) in [5.74, 6) is 0.544. The van der Waals surface area contributed by atoms with Gasteiger partial charge in [-0.25, -0.2) is 0 Å². The number of hydrogen-bond donors (Lipinski definition) is 1. The molecule has 6 rings (SSSR count). The van der Waals surface area contributed by atoms with Gasteiger partial charge < -0.3 is 19.4 Å². The zero-order valence-corrected chi connectivity index (χ0v) is 18.8. The third-order valence-electron chi connectivity index (χ3n) is 6.73. The maximum absolute atomic E-state index is 13.6. The molecule has 0 saturated heterocycles. The monoisotopic (exact) mass is 443 g/mol. The van der Waals surface area contributed by atoms with Crippen molar-refractivity contribution in [3.63, 3.8) is 0 Å². The molecule has 1 aromatic heterocycles. The molecule has 1 atom stereocenters. The Hall–Kier alpha value is -3.74. The maximum atomic E-state index is 13.6. The van der Waals surface area contributed by atoms with Crippen LogP contribution >= 0.6 is 0 Å². The first-order valence-corrected chi connectivity index (χ1v) is 11.3. The summed E-state index contributed by atoms with van der Waals surface area (Å²) in [6, 6.07) is 12.3. The van der Waals surface area contributed by atoms with Crippen LogP contribution in [0.1, 0.15) is 43.9 Å². The molecule has 4 heterocycles. The van der Waals surface area contributed by atoms with Crippen LogP contribution in [0, 0.1) is 0 Å². The number of nitrogens with one attached hydrogen (secondary N) is 1. The van der Waals surface area contributed by atoms with Crippen LogP contribution in [0.5, 0.6) is 11.5 Å². The maximum Gasteiger partial charge on any atom is 0.259 e. The van der Waals surface area contributed by atoms with Crippen molar-refractivity contribution in [2.45, 2.75) is 32.7 Å². The number of rotatable bonds is 2. The van der Waals surface area contributed by atoms with Gasteiger partial charge in [-0.3, -0.25) is 14.5 Å². The van der Waals surface area contributed by atoms with Gasteiger partial charge in [-0.2, -0.15) is 0 Å². The van der Waals surface area contributed by atoms with Gasteiger partial charge in [-0.05, 0) is 49.2 Å². The normalized spacial score (nSPS) is 19.1. The summed E-state index contributed by atoms with van der Waals surface area (Å²) in [6.45, 7) is 6.99. The summed E-state index contributed by atoms with van der Waals surface area (Å²) in [7, 11) is 0. The Kier molecular flexibility index (Phi) is 4.30. The predicted molar refractivity (Wildman–Crippen MR) is 125 cm³/mol. The van der Waals surface area contributed by atoms with Gasteiger partial charge in [0.1, 0.15) is 13.2 Å². The Labute approximate surface area is 191 Å². The standard InChI is InChI=1S/C26H25N3O4/c1-14(2)28-12-17-23(16-7-8-21-22(11-16)33-10-9-32-21)25-19(13-29(15(3)30)26(25)31)27-18-5-4-6-20(28)24(17)18/h4-8,11-12,14,23,27H,9-10,13H2,1-3H3. The van der Waals surface area contributed by atoms with Gasteiger partial charge in [0.25, 0.3) is 5.91 Å². The third-order valence-corrected chi connectivity index (χ3v) is 6.73. The fourth-order valence-electron chi connectivity index (χ4n) is 5.25. The van der Waals surface area contributed by atoms with Gasteiger partial charge in [-0.1, -0.05) is 12.1 Å². The molecule has 1 N–H and O–H groups in total. The molecule has 3 aliphatic rings. The molecule has 3 aliphatic heterocycles. The number of hydrogen-bond acceptors (Lipinski definition) is 5. The first kappa shape index (κ1) is 19.9. The van der Waals surface area contributed by atoms with E-state index in [-0.39, 0.29) is 30.3 Å². The van der Waals surface area contributed by atoms with Crippen LogP contribution in [0.25, 0.3) is 10.9 Å². The molecule has 33 heavy (non-hydrogen) atoms. The van der Waals surface area contributed by atoms with Crippen LogP contribution in [0.3, 0.4) is 0 Å². The van der Waals surface area contributed by atoms with E-state index in [1.54, 1.807) is 0 Å². The Balaban J connectivity index is 1.63. The van der Waals surface area contributed by atoms with Crippen molar-refractivity contribution in [2.75, 3.05) is 25.1 Å². The first-order valence-electron chi connectivity index (χ1n) is 11.3. The highest BCUT2D eigenvalue weighted by Crippen LogP contribution is 2.48. The highest BCUT2D eigenvalue weighted by molar-refractivity contribution is 6.11. The minimum Gasteiger partial charge on any atom is -0.486 e. The summed E-state index contributed by atoms with van der Waals surface area (Å²) in [5.41, 5.74) is 5.43. The second-order valence-electron chi connectivity index (χ2n) is 9.05. The van der Waals surface area contributed by atoms with Crippen LogP contribution in [0.15, 0.2) is 53.9 Å². The van der Waals surface area contributed by atoms with Gasteiger partial charge in [0.2, 0.25) is 5.91 Å². The van der Waals surface area contributed by atoms with Crippen molar-refractivity contribution in [3.05, 3.63) is 65.0 Å². The van der Waals surface area contributed by atoms with Gasteiger partial charge >= 0.3 is 0 Å². The van der Waals surface area contributed by atoms with E-state index in [9.17, 15) is 9.59 Å². The van der Waals surface area contributed by atoms with E-state index in [1.807, 2.05) is 30.3 Å². The van der Waals surface area contributed by atoms with Crippen molar-refractivity contribution in [3.8, 4) is 11.5 Å².